The second kappa shape index (κ2) is 6.09. The van der Waals surface area contributed by atoms with Crippen LogP contribution in [0.3, 0.4) is 0 Å². The molecule has 1 atom stereocenters. The van der Waals surface area contributed by atoms with Gasteiger partial charge in [0.15, 0.2) is 0 Å². The molecule has 0 bridgehead atoms. The Labute approximate surface area is 125 Å². The number of nitrogens with zero attached hydrogens (tertiary/aromatic N) is 1. The van der Waals surface area contributed by atoms with Crippen molar-refractivity contribution in [2.75, 3.05) is 0 Å². The van der Waals surface area contributed by atoms with Crippen molar-refractivity contribution in [2.45, 2.75) is 33.2 Å². The number of aromatic carboxylic acids is 1. The molecule has 0 saturated carbocycles. The minimum absolute atomic E-state index is 0.144. The molecule has 0 aliphatic heterocycles. The molecular weight excluding hydrogens is 292 g/mol. The molecule has 0 radical (unpaired) electrons. The second-order valence-corrected chi connectivity index (χ2v) is 5.72. The molecule has 0 aromatic carbocycles. The van der Waals surface area contributed by atoms with Crippen molar-refractivity contribution in [2.24, 2.45) is 0 Å². The number of nitrogens with one attached hydrogen (secondary N) is 1. The van der Waals surface area contributed by atoms with E-state index in [0.717, 1.165) is 22.6 Å². The van der Waals surface area contributed by atoms with Crippen LogP contribution >= 0.6 is 11.3 Å². The average molecular weight is 308 g/mol. The van der Waals surface area contributed by atoms with Crippen LogP contribution in [0.1, 0.15) is 55.7 Å². The fourth-order valence-electron chi connectivity index (χ4n) is 2.17. The number of thiophene rings is 1. The van der Waals surface area contributed by atoms with E-state index >= 15 is 0 Å². The van der Waals surface area contributed by atoms with Crippen LogP contribution in [-0.4, -0.2) is 22.1 Å². The fraction of sp³-hybridized carbons (Fsp3) is 0.357. The third-order valence-electron chi connectivity index (χ3n) is 3.19. The Balaban J connectivity index is 2.18. The largest absolute Gasteiger partial charge is 0.477 e. The van der Waals surface area contributed by atoms with Crippen molar-refractivity contribution in [1.82, 2.24) is 10.5 Å². The summed E-state index contributed by atoms with van der Waals surface area (Å²) in [5, 5.41) is 15.7. The molecule has 2 rings (SSSR count). The number of aryl methyl sites for hydroxylation is 2. The normalized spacial score (nSPS) is 12.1. The van der Waals surface area contributed by atoms with Crippen LogP contribution < -0.4 is 5.32 Å². The molecule has 0 fully saturated rings. The molecule has 2 aromatic heterocycles. The molecule has 2 N–H and O–H groups in total. The summed E-state index contributed by atoms with van der Waals surface area (Å²) < 4.78 is 5.12. The smallest absolute Gasteiger partial charge is 0.345 e. The molecule has 6 nitrogen and oxygen atoms in total. The summed E-state index contributed by atoms with van der Waals surface area (Å²) in [6.45, 7) is 5.58. The predicted octanol–water partition coefficient (Wildman–Crippen LogP) is 2.93. The maximum atomic E-state index is 12.2. The van der Waals surface area contributed by atoms with Gasteiger partial charge < -0.3 is 14.9 Å². The van der Waals surface area contributed by atoms with Gasteiger partial charge in [-0.05, 0) is 32.4 Å². The van der Waals surface area contributed by atoms with Gasteiger partial charge in [0.05, 0.1) is 16.6 Å². The van der Waals surface area contributed by atoms with Gasteiger partial charge in [-0.3, -0.25) is 4.79 Å². The summed E-state index contributed by atoms with van der Waals surface area (Å²) in [6, 6.07) is 2.74. The van der Waals surface area contributed by atoms with Gasteiger partial charge in [-0.2, -0.15) is 0 Å². The molecular formula is C14H16N2O4S. The van der Waals surface area contributed by atoms with E-state index < -0.39 is 5.97 Å². The zero-order chi connectivity index (χ0) is 15.6. The van der Waals surface area contributed by atoms with Gasteiger partial charge >= 0.3 is 5.97 Å². The minimum Gasteiger partial charge on any atom is -0.477 e. The fourth-order valence-corrected chi connectivity index (χ4v) is 2.92. The van der Waals surface area contributed by atoms with Crippen LogP contribution in [0.4, 0.5) is 0 Å². The van der Waals surface area contributed by atoms with E-state index in [9.17, 15) is 9.59 Å². The molecule has 112 valence electrons. The van der Waals surface area contributed by atoms with E-state index in [2.05, 4.69) is 10.5 Å². The van der Waals surface area contributed by atoms with Gasteiger partial charge in [-0.25, -0.2) is 4.79 Å². The minimum atomic E-state index is -1.03. The number of aromatic nitrogens is 1. The molecule has 2 aromatic rings. The van der Waals surface area contributed by atoms with E-state index in [0.29, 0.717) is 17.1 Å². The van der Waals surface area contributed by atoms with E-state index in [1.54, 1.807) is 6.92 Å². The van der Waals surface area contributed by atoms with Gasteiger partial charge in [0.25, 0.3) is 5.91 Å². The summed E-state index contributed by atoms with van der Waals surface area (Å²) in [5.41, 5.74) is 1.62. The van der Waals surface area contributed by atoms with Crippen LogP contribution in [0.15, 0.2) is 16.7 Å². The Hall–Kier alpha value is -2.15. The maximum Gasteiger partial charge on any atom is 0.345 e. The summed E-state index contributed by atoms with van der Waals surface area (Å²) in [7, 11) is 0. The van der Waals surface area contributed by atoms with E-state index in [1.807, 2.05) is 13.8 Å². The number of hydrogen-bond donors (Lipinski definition) is 2. The first-order valence-corrected chi connectivity index (χ1v) is 7.32. The van der Waals surface area contributed by atoms with Gasteiger partial charge in [0.2, 0.25) is 0 Å². The van der Waals surface area contributed by atoms with Crippen LogP contribution in [-0.2, 0) is 0 Å². The summed E-state index contributed by atoms with van der Waals surface area (Å²) >= 11 is 0.957. The van der Waals surface area contributed by atoms with E-state index in [1.165, 1.54) is 12.1 Å². The topological polar surface area (TPSA) is 92.4 Å². The van der Waals surface area contributed by atoms with Gasteiger partial charge in [-0.15, -0.1) is 11.3 Å². The lowest BCUT2D eigenvalue weighted by Gasteiger charge is -2.16. The monoisotopic (exact) mass is 308 g/mol. The van der Waals surface area contributed by atoms with Crippen molar-refractivity contribution in [3.63, 3.8) is 0 Å². The predicted molar refractivity (Wildman–Crippen MR) is 77.8 cm³/mol. The molecule has 0 spiro atoms. The summed E-state index contributed by atoms with van der Waals surface area (Å²) in [5.74, 6) is -0.645. The molecule has 7 heteroatoms. The Morgan fingerprint density at radius 2 is 2.05 bits per heavy atom. The molecule has 1 unspecified atom stereocenters. The van der Waals surface area contributed by atoms with Crippen LogP contribution in [0.25, 0.3) is 0 Å². The van der Waals surface area contributed by atoms with Crippen molar-refractivity contribution in [3.05, 3.63) is 38.9 Å². The quantitative estimate of drug-likeness (QED) is 0.886. The number of carbonyl (C=O) groups is 2. The lowest BCUT2D eigenvalue weighted by atomic mass is 10.0. The van der Waals surface area contributed by atoms with E-state index in [-0.39, 0.29) is 16.8 Å². The van der Waals surface area contributed by atoms with Gasteiger partial charge in [0, 0.05) is 5.56 Å². The highest BCUT2D eigenvalue weighted by Gasteiger charge is 2.22. The highest BCUT2D eigenvalue weighted by molar-refractivity contribution is 7.15. The van der Waals surface area contributed by atoms with Crippen molar-refractivity contribution < 1.29 is 19.2 Å². The number of amides is 1. The van der Waals surface area contributed by atoms with Gasteiger partial charge in [0.1, 0.15) is 10.6 Å². The third-order valence-corrected chi connectivity index (χ3v) is 4.26. The first-order valence-electron chi connectivity index (χ1n) is 6.50. The molecule has 1 amide bonds. The first kappa shape index (κ1) is 15.2. The number of hydrogen-bond acceptors (Lipinski definition) is 5. The Bertz CT molecular complexity index is 655. The Kier molecular flexibility index (Phi) is 4.42. The Morgan fingerprint density at radius 3 is 2.52 bits per heavy atom. The SMILES string of the molecule is CCC(NC(=O)c1ccc(C(=O)O)s1)c1c(C)noc1C. The Morgan fingerprint density at radius 1 is 1.38 bits per heavy atom. The van der Waals surface area contributed by atoms with Crippen molar-refractivity contribution in [3.8, 4) is 0 Å². The zero-order valence-electron chi connectivity index (χ0n) is 12.0. The second-order valence-electron chi connectivity index (χ2n) is 4.64. The molecule has 0 saturated heterocycles. The summed E-state index contributed by atoms with van der Waals surface area (Å²) in [6.07, 6.45) is 0.686. The van der Waals surface area contributed by atoms with Crippen LogP contribution in [0.2, 0.25) is 0 Å². The number of rotatable bonds is 5. The third kappa shape index (κ3) is 3.13. The average Bonchev–Trinajstić information content (AvgIpc) is 3.04. The highest BCUT2D eigenvalue weighted by atomic mass is 32.1. The zero-order valence-corrected chi connectivity index (χ0v) is 12.8. The van der Waals surface area contributed by atoms with Crippen molar-refractivity contribution >= 4 is 23.2 Å². The maximum absolute atomic E-state index is 12.2. The summed E-state index contributed by atoms with van der Waals surface area (Å²) in [4.78, 5) is 23.6. The first-order chi connectivity index (χ1) is 9.93. The number of carbonyl (C=O) groups excluding carboxylic acids is 1. The van der Waals surface area contributed by atoms with Gasteiger partial charge in [-0.1, -0.05) is 12.1 Å². The van der Waals surface area contributed by atoms with Crippen LogP contribution in [0, 0.1) is 13.8 Å². The molecule has 0 aliphatic rings. The van der Waals surface area contributed by atoms with Crippen LogP contribution in [0.5, 0.6) is 0 Å². The number of carboxylic acids is 1. The lowest BCUT2D eigenvalue weighted by molar-refractivity contribution is 0.0702. The number of carboxylic acid groups (broad SMARTS) is 1. The van der Waals surface area contributed by atoms with E-state index in [4.69, 9.17) is 9.63 Å². The molecule has 21 heavy (non-hydrogen) atoms. The highest BCUT2D eigenvalue weighted by Crippen LogP contribution is 2.25. The lowest BCUT2D eigenvalue weighted by Crippen LogP contribution is -2.28. The van der Waals surface area contributed by atoms with Crippen molar-refractivity contribution in [1.29, 1.82) is 0 Å². The molecule has 2 heterocycles. The molecule has 0 aliphatic carbocycles. The standard InChI is InChI=1S/C14H16N2O4S/c1-4-9(12-7(2)16-20-8(12)3)15-13(17)10-5-6-11(21-10)14(18)19/h5-6,9H,4H2,1-3H3,(H,15,17)(H,18,19).